The van der Waals surface area contributed by atoms with E-state index in [2.05, 4.69) is 10.6 Å². The van der Waals surface area contributed by atoms with Crippen molar-refractivity contribution in [1.82, 2.24) is 10.2 Å². The number of hydrogen-bond donors (Lipinski definition) is 2. The number of nitrogens with one attached hydrogen (secondary N) is 2. The van der Waals surface area contributed by atoms with Crippen molar-refractivity contribution in [3.63, 3.8) is 0 Å². The van der Waals surface area contributed by atoms with Crippen LogP contribution in [-0.4, -0.2) is 47.4 Å². The van der Waals surface area contributed by atoms with Crippen LogP contribution in [0.4, 0.5) is 10.5 Å². The molecule has 0 bridgehead atoms. The second-order valence-electron chi connectivity index (χ2n) is 7.30. The number of anilines is 1. The van der Waals surface area contributed by atoms with Gasteiger partial charge in [-0.15, -0.1) is 0 Å². The number of carbonyl (C=O) groups is 4. The Labute approximate surface area is 168 Å². The molecule has 152 valence electrons. The minimum Gasteiger partial charge on any atom is -0.454 e. The van der Waals surface area contributed by atoms with Gasteiger partial charge in [0.15, 0.2) is 6.61 Å². The smallest absolute Gasteiger partial charge is 0.326 e. The molecule has 4 amide bonds. The van der Waals surface area contributed by atoms with Crippen molar-refractivity contribution in [3.8, 4) is 0 Å². The molecule has 0 aliphatic carbocycles. The standard InChI is InChI=1S/C19H24ClN3O5/c1-12(2)8-9-19(3)17(26)23(18(27)22-19)10-16(25)28-11-15(24)21-14-6-4-13(20)5-7-14/h4-7,12H,8-11H2,1-3H3,(H,21,24)(H,22,27)/t19-/m0/s1. The number of imide groups is 1. The lowest BCUT2D eigenvalue weighted by Crippen LogP contribution is -2.44. The SMILES string of the molecule is CC(C)CC[C@]1(C)NC(=O)N(CC(=O)OCC(=O)Nc2ccc(Cl)cc2)C1=O. The first-order valence-corrected chi connectivity index (χ1v) is 9.33. The van der Waals surface area contributed by atoms with Crippen LogP contribution in [0, 0.1) is 5.92 Å². The highest BCUT2D eigenvalue weighted by molar-refractivity contribution is 6.30. The zero-order valence-electron chi connectivity index (χ0n) is 16.1. The number of ether oxygens (including phenoxy) is 1. The van der Waals surface area contributed by atoms with Gasteiger partial charge >= 0.3 is 12.0 Å². The third-order valence-corrected chi connectivity index (χ3v) is 4.60. The Hall–Kier alpha value is -2.61. The number of carbonyl (C=O) groups excluding carboxylic acids is 4. The molecule has 1 aromatic carbocycles. The first-order chi connectivity index (χ1) is 13.1. The summed E-state index contributed by atoms with van der Waals surface area (Å²) in [5.74, 6) is -1.49. The quantitative estimate of drug-likeness (QED) is 0.507. The fraction of sp³-hybridized carbons (Fsp3) is 0.474. The molecule has 1 fully saturated rings. The van der Waals surface area contributed by atoms with E-state index in [1.807, 2.05) is 13.8 Å². The molecule has 28 heavy (non-hydrogen) atoms. The molecule has 1 atom stereocenters. The van der Waals surface area contributed by atoms with Crippen LogP contribution in [0.5, 0.6) is 0 Å². The predicted octanol–water partition coefficient (Wildman–Crippen LogP) is 2.57. The molecule has 0 spiro atoms. The van der Waals surface area contributed by atoms with Gasteiger partial charge in [0.2, 0.25) is 0 Å². The Kier molecular flexibility index (Phi) is 7.01. The summed E-state index contributed by atoms with van der Waals surface area (Å²) >= 11 is 5.76. The number of halogens is 1. The Morgan fingerprint density at radius 2 is 1.89 bits per heavy atom. The monoisotopic (exact) mass is 409 g/mol. The molecule has 2 rings (SSSR count). The molecule has 8 nitrogen and oxygen atoms in total. The lowest BCUT2D eigenvalue weighted by Gasteiger charge is -2.22. The normalized spacial score (nSPS) is 19.0. The highest BCUT2D eigenvalue weighted by atomic mass is 35.5. The fourth-order valence-corrected chi connectivity index (χ4v) is 2.81. The summed E-state index contributed by atoms with van der Waals surface area (Å²) in [4.78, 5) is 49.3. The maximum Gasteiger partial charge on any atom is 0.326 e. The van der Waals surface area contributed by atoms with Crippen LogP contribution in [0.2, 0.25) is 5.02 Å². The molecule has 9 heteroatoms. The molecule has 1 aliphatic heterocycles. The summed E-state index contributed by atoms with van der Waals surface area (Å²) in [5.41, 5.74) is -0.534. The van der Waals surface area contributed by atoms with Crippen molar-refractivity contribution in [1.29, 1.82) is 0 Å². The molecule has 1 saturated heterocycles. The molecule has 0 saturated carbocycles. The molecular weight excluding hydrogens is 386 g/mol. The van der Waals surface area contributed by atoms with Gasteiger partial charge in [-0.25, -0.2) is 4.79 Å². The van der Waals surface area contributed by atoms with Crippen LogP contribution >= 0.6 is 11.6 Å². The van der Waals surface area contributed by atoms with E-state index in [0.717, 1.165) is 11.3 Å². The zero-order chi connectivity index (χ0) is 20.9. The zero-order valence-corrected chi connectivity index (χ0v) is 16.8. The largest absolute Gasteiger partial charge is 0.454 e. The molecule has 2 N–H and O–H groups in total. The van der Waals surface area contributed by atoms with E-state index < -0.39 is 42.5 Å². The third kappa shape index (κ3) is 5.69. The minimum absolute atomic E-state index is 0.375. The van der Waals surface area contributed by atoms with Gasteiger partial charge in [0.05, 0.1) is 0 Å². The Morgan fingerprint density at radius 1 is 1.25 bits per heavy atom. The van der Waals surface area contributed by atoms with Gasteiger partial charge < -0.3 is 15.4 Å². The van der Waals surface area contributed by atoms with Crippen molar-refractivity contribution >= 4 is 41.1 Å². The highest BCUT2D eigenvalue weighted by Gasteiger charge is 2.48. The number of rotatable bonds is 8. The molecule has 0 unspecified atom stereocenters. The highest BCUT2D eigenvalue weighted by Crippen LogP contribution is 2.24. The second-order valence-corrected chi connectivity index (χ2v) is 7.74. The molecular formula is C19H24ClN3O5. The molecule has 1 aromatic rings. The van der Waals surface area contributed by atoms with Crippen molar-refractivity contribution in [2.75, 3.05) is 18.5 Å². The fourth-order valence-electron chi connectivity index (χ4n) is 2.69. The van der Waals surface area contributed by atoms with Crippen molar-refractivity contribution in [3.05, 3.63) is 29.3 Å². The van der Waals surface area contributed by atoms with E-state index in [0.29, 0.717) is 23.0 Å². The van der Waals surface area contributed by atoms with Crippen LogP contribution in [0.1, 0.15) is 33.6 Å². The maximum absolute atomic E-state index is 12.5. The maximum atomic E-state index is 12.5. The minimum atomic E-state index is -1.03. The third-order valence-electron chi connectivity index (χ3n) is 4.35. The van der Waals surface area contributed by atoms with E-state index in [4.69, 9.17) is 16.3 Å². The molecule has 1 aliphatic rings. The summed E-state index contributed by atoms with van der Waals surface area (Å²) < 4.78 is 4.87. The molecule has 0 aromatic heterocycles. The van der Waals surface area contributed by atoms with Crippen molar-refractivity contribution < 1.29 is 23.9 Å². The Bertz CT molecular complexity index is 765. The second kappa shape index (κ2) is 9.05. The van der Waals surface area contributed by atoms with Gasteiger partial charge in [0.1, 0.15) is 12.1 Å². The van der Waals surface area contributed by atoms with Gasteiger partial charge in [-0.2, -0.15) is 0 Å². The number of benzene rings is 1. The van der Waals surface area contributed by atoms with Gasteiger partial charge in [0, 0.05) is 10.7 Å². The van der Waals surface area contributed by atoms with Gasteiger partial charge in [-0.1, -0.05) is 25.4 Å². The average molecular weight is 410 g/mol. The Balaban J connectivity index is 1.83. The van der Waals surface area contributed by atoms with Gasteiger partial charge in [0.25, 0.3) is 11.8 Å². The lowest BCUT2D eigenvalue weighted by molar-refractivity contribution is -0.150. The number of esters is 1. The average Bonchev–Trinajstić information content (AvgIpc) is 2.84. The lowest BCUT2D eigenvalue weighted by atomic mass is 9.92. The summed E-state index contributed by atoms with van der Waals surface area (Å²) in [5, 5.41) is 5.70. The summed E-state index contributed by atoms with van der Waals surface area (Å²) in [6.07, 6.45) is 1.23. The Morgan fingerprint density at radius 3 is 2.50 bits per heavy atom. The van der Waals surface area contributed by atoms with Gasteiger partial charge in [-0.3, -0.25) is 19.3 Å². The predicted molar refractivity (Wildman–Crippen MR) is 104 cm³/mol. The summed E-state index contributed by atoms with van der Waals surface area (Å²) in [6, 6.07) is 5.79. The molecule has 1 heterocycles. The first kappa shape index (κ1) is 21.7. The number of hydrogen-bond acceptors (Lipinski definition) is 5. The van der Waals surface area contributed by atoms with E-state index >= 15 is 0 Å². The van der Waals surface area contributed by atoms with Crippen LogP contribution in [0.3, 0.4) is 0 Å². The van der Waals surface area contributed by atoms with Crippen LogP contribution < -0.4 is 10.6 Å². The van der Waals surface area contributed by atoms with E-state index in [-0.39, 0.29) is 0 Å². The van der Waals surface area contributed by atoms with E-state index in [1.54, 1.807) is 31.2 Å². The van der Waals surface area contributed by atoms with Crippen LogP contribution in [0.25, 0.3) is 0 Å². The van der Waals surface area contributed by atoms with E-state index in [1.165, 1.54) is 0 Å². The van der Waals surface area contributed by atoms with E-state index in [9.17, 15) is 19.2 Å². The van der Waals surface area contributed by atoms with Gasteiger partial charge in [-0.05, 0) is 49.9 Å². The van der Waals surface area contributed by atoms with Crippen molar-refractivity contribution in [2.24, 2.45) is 5.92 Å². The summed E-state index contributed by atoms with van der Waals surface area (Å²) in [7, 11) is 0. The number of urea groups is 1. The van der Waals surface area contributed by atoms with Crippen LogP contribution in [-0.2, 0) is 19.1 Å². The first-order valence-electron chi connectivity index (χ1n) is 8.96. The number of amides is 4. The molecule has 0 radical (unpaired) electrons. The van der Waals surface area contributed by atoms with Crippen LogP contribution in [0.15, 0.2) is 24.3 Å². The van der Waals surface area contributed by atoms with Crippen molar-refractivity contribution in [2.45, 2.75) is 39.2 Å². The topological polar surface area (TPSA) is 105 Å². The summed E-state index contributed by atoms with van der Waals surface area (Å²) in [6.45, 7) is 4.61. The number of nitrogens with zero attached hydrogens (tertiary/aromatic N) is 1.